The number of amides is 4. The molecule has 1 aromatic carbocycles. The predicted molar refractivity (Wildman–Crippen MR) is 149 cm³/mol. The minimum absolute atomic E-state index is 0.0280. The van der Waals surface area contributed by atoms with Crippen LogP contribution in [0.4, 0.5) is 0 Å². The molecular formula is C27H36N8O6. The van der Waals surface area contributed by atoms with Crippen molar-refractivity contribution in [3.05, 3.63) is 54.2 Å². The van der Waals surface area contributed by atoms with E-state index >= 15 is 0 Å². The quantitative estimate of drug-likeness (QED) is 0.118. The van der Waals surface area contributed by atoms with E-state index in [1.54, 1.807) is 20.0 Å². The van der Waals surface area contributed by atoms with Gasteiger partial charge in [0.1, 0.15) is 18.1 Å². The van der Waals surface area contributed by atoms with Crippen molar-refractivity contribution in [1.82, 2.24) is 30.9 Å². The van der Waals surface area contributed by atoms with Crippen LogP contribution in [0.1, 0.15) is 37.9 Å². The summed E-state index contributed by atoms with van der Waals surface area (Å²) in [5, 5.41) is 18.0. The molecule has 4 amide bonds. The molecule has 0 radical (unpaired) electrons. The van der Waals surface area contributed by atoms with Gasteiger partial charge in [0.2, 0.25) is 23.6 Å². The van der Waals surface area contributed by atoms with Gasteiger partial charge in [-0.2, -0.15) is 0 Å². The second kappa shape index (κ2) is 14.1. The number of imidazole rings is 1. The molecule has 4 atom stereocenters. The fourth-order valence-electron chi connectivity index (χ4n) is 4.33. The molecule has 0 aliphatic heterocycles. The lowest BCUT2D eigenvalue weighted by atomic mass is 10.0. The SMILES string of the molecule is CC(C)C(NC(=O)C(Cc1cnc[nH]1)NC(=O)C(N)Cc1c[nH]c2ccccc12)C(=O)NC(CCC(N)=O)C(=O)O. The van der Waals surface area contributed by atoms with Crippen molar-refractivity contribution in [2.75, 3.05) is 0 Å². The zero-order valence-corrected chi connectivity index (χ0v) is 22.8. The summed E-state index contributed by atoms with van der Waals surface area (Å²) in [6, 6.07) is 2.98. The molecule has 10 N–H and O–H groups in total. The number of fused-ring (bicyclic) bond motifs is 1. The highest BCUT2D eigenvalue weighted by Gasteiger charge is 2.32. The standard InChI is InChI=1S/C27H36N8O6/c1-14(2)23(26(39)33-20(27(40)41)7-8-22(29)36)35-25(38)21(10-16-12-30-13-32-16)34-24(37)18(28)9-15-11-31-19-6-4-3-5-17(15)19/h3-6,11-14,18,20-21,23,31H,7-10,28H2,1-2H3,(H2,29,36)(H,30,32)(H,33,39)(H,34,37)(H,35,38)(H,40,41). The van der Waals surface area contributed by atoms with Crippen LogP contribution in [0.25, 0.3) is 10.9 Å². The summed E-state index contributed by atoms with van der Waals surface area (Å²) in [7, 11) is 0. The Bertz CT molecular complexity index is 1370. The van der Waals surface area contributed by atoms with Gasteiger partial charge < -0.3 is 42.5 Å². The number of H-pyrrole nitrogens is 2. The zero-order chi connectivity index (χ0) is 30.1. The molecule has 0 bridgehead atoms. The molecule has 0 spiro atoms. The number of carboxylic acids is 1. The van der Waals surface area contributed by atoms with Crippen molar-refractivity contribution >= 4 is 40.5 Å². The van der Waals surface area contributed by atoms with Crippen molar-refractivity contribution in [3.63, 3.8) is 0 Å². The van der Waals surface area contributed by atoms with Crippen LogP contribution in [0.3, 0.4) is 0 Å². The number of hydrogen-bond donors (Lipinski definition) is 8. The van der Waals surface area contributed by atoms with Crippen molar-refractivity contribution in [2.24, 2.45) is 17.4 Å². The summed E-state index contributed by atoms with van der Waals surface area (Å²) >= 11 is 0. The number of primary amides is 1. The zero-order valence-electron chi connectivity index (χ0n) is 22.8. The van der Waals surface area contributed by atoms with Crippen molar-refractivity contribution in [2.45, 2.75) is 63.7 Å². The van der Waals surface area contributed by atoms with Gasteiger partial charge in [-0.3, -0.25) is 19.2 Å². The first-order chi connectivity index (χ1) is 19.5. The number of aliphatic carboxylic acids is 1. The van der Waals surface area contributed by atoms with Gasteiger partial charge in [0, 0.05) is 41.8 Å². The third kappa shape index (κ3) is 8.63. The normalized spacial score (nSPS) is 14.1. The van der Waals surface area contributed by atoms with Crippen molar-refractivity contribution < 1.29 is 29.1 Å². The summed E-state index contributed by atoms with van der Waals surface area (Å²) in [6.07, 6.45) is 4.51. The number of carbonyl (C=O) groups excluding carboxylic acids is 4. The first kappa shape index (κ1) is 30.8. The topological polar surface area (TPSA) is 238 Å². The van der Waals surface area contributed by atoms with Gasteiger partial charge in [-0.15, -0.1) is 0 Å². The Morgan fingerprint density at radius 1 is 0.951 bits per heavy atom. The molecule has 2 aromatic heterocycles. The van der Waals surface area contributed by atoms with Gasteiger partial charge in [-0.1, -0.05) is 32.0 Å². The Balaban J connectivity index is 1.72. The number of aromatic nitrogens is 3. The van der Waals surface area contributed by atoms with Crippen molar-refractivity contribution in [3.8, 4) is 0 Å². The van der Waals surface area contributed by atoms with Crippen LogP contribution < -0.4 is 27.4 Å². The molecule has 2 heterocycles. The van der Waals surface area contributed by atoms with Gasteiger partial charge in [-0.25, -0.2) is 9.78 Å². The van der Waals surface area contributed by atoms with Gasteiger partial charge in [0.15, 0.2) is 0 Å². The van der Waals surface area contributed by atoms with Gasteiger partial charge in [-0.05, 0) is 30.4 Å². The number of nitrogens with zero attached hydrogens (tertiary/aromatic N) is 1. The Hall–Kier alpha value is -4.72. The lowest BCUT2D eigenvalue weighted by Gasteiger charge is -2.27. The maximum Gasteiger partial charge on any atom is 0.326 e. The van der Waals surface area contributed by atoms with E-state index in [1.165, 1.54) is 12.5 Å². The number of nitrogens with two attached hydrogens (primary N) is 2. The Kier molecular flexibility index (Phi) is 10.6. The predicted octanol–water partition coefficient (Wildman–Crippen LogP) is -0.536. The number of para-hydroxylation sites is 1. The number of carbonyl (C=O) groups is 5. The highest BCUT2D eigenvalue weighted by atomic mass is 16.4. The second-order valence-corrected chi connectivity index (χ2v) is 10.1. The second-order valence-electron chi connectivity index (χ2n) is 10.1. The molecule has 14 heteroatoms. The monoisotopic (exact) mass is 568 g/mol. The summed E-state index contributed by atoms with van der Waals surface area (Å²) in [5.74, 6) is -4.51. The fraction of sp³-hybridized carbons (Fsp3) is 0.407. The van der Waals surface area contributed by atoms with Crippen LogP contribution in [-0.4, -0.2) is 73.8 Å². The third-order valence-electron chi connectivity index (χ3n) is 6.60. The summed E-state index contributed by atoms with van der Waals surface area (Å²) in [6.45, 7) is 3.34. The lowest BCUT2D eigenvalue weighted by Crippen LogP contribution is -2.59. The number of hydrogen-bond acceptors (Lipinski definition) is 7. The van der Waals surface area contributed by atoms with Gasteiger partial charge >= 0.3 is 5.97 Å². The van der Waals surface area contributed by atoms with E-state index < -0.39 is 59.7 Å². The first-order valence-corrected chi connectivity index (χ1v) is 13.2. The molecule has 0 aliphatic carbocycles. The average molecular weight is 569 g/mol. The highest BCUT2D eigenvalue weighted by Crippen LogP contribution is 2.19. The molecule has 0 saturated heterocycles. The lowest BCUT2D eigenvalue weighted by molar-refractivity contribution is -0.143. The molecule has 3 rings (SSSR count). The van der Waals surface area contributed by atoms with Crippen LogP contribution in [0.15, 0.2) is 43.0 Å². The van der Waals surface area contributed by atoms with E-state index in [2.05, 4.69) is 30.9 Å². The number of benzene rings is 1. The van der Waals surface area contributed by atoms with Crippen molar-refractivity contribution in [1.29, 1.82) is 0 Å². The third-order valence-corrected chi connectivity index (χ3v) is 6.60. The molecule has 0 saturated carbocycles. The summed E-state index contributed by atoms with van der Waals surface area (Å²) in [4.78, 5) is 72.2. The number of carboxylic acid groups (broad SMARTS) is 1. The number of aromatic amines is 2. The van der Waals surface area contributed by atoms with Crippen LogP contribution in [0.5, 0.6) is 0 Å². The maximum atomic E-state index is 13.4. The molecule has 4 unspecified atom stereocenters. The maximum absolute atomic E-state index is 13.4. The Morgan fingerprint density at radius 2 is 1.66 bits per heavy atom. The highest BCUT2D eigenvalue weighted by molar-refractivity contribution is 5.94. The van der Waals surface area contributed by atoms with E-state index in [-0.39, 0.29) is 25.7 Å². The van der Waals surface area contributed by atoms with Crippen LogP contribution in [0.2, 0.25) is 0 Å². The van der Waals surface area contributed by atoms with Crippen LogP contribution in [-0.2, 0) is 36.8 Å². The largest absolute Gasteiger partial charge is 0.480 e. The Labute approximate surface area is 236 Å². The van der Waals surface area contributed by atoms with Gasteiger partial charge in [0.05, 0.1) is 12.4 Å². The van der Waals surface area contributed by atoms with Gasteiger partial charge in [0.25, 0.3) is 0 Å². The molecule has 0 fully saturated rings. The van der Waals surface area contributed by atoms with E-state index in [9.17, 15) is 29.1 Å². The van der Waals surface area contributed by atoms with E-state index in [0.717, 1.165) is 16.5 Å². The minimum Gasteiger partial charge on any atom is -0.480 e. The van der Waals surface area contributed by atoms with E-state index in [4.69, 9.17) is 11.5 Å². The first-order valence-electron chi connectivity index (χ1n) is 13.2. The van der Waals surface area contributed by atoms with E-state index in [0.29, 0.717) is 5.69 Å². The molecule has 14 nitrogen and oxygen atoms in total. The molecule has 3 aromatic rings. The smallest absolute Gasteiger partial charge is 0.326 e. The molecule has 220 valence electrons. The fourth-order valence-corrected chi connectivity index (χ4v) is 4.33. The molecular weight excluding hydrogens is 532 g/mol. The molecule has 41 heavy (non-hydrogen) atoms. The average Bonchev–Trinajstić information content (AvgIpc) is 3.58. The summed E-state index contributed by atoms with van der Waals surface area (Å²) < 4.78 is 0. The number of nitrogens with one attached hydrogen (secondary N) is 5. The Morgan fingerprint density at radius 3 is 2.29 bits per heavy atom. The van der Waals surface area contributed by atoms with E-state index in [1.807, 2.05) is 24.3 Å². The van der Waals surface area contributed by atoms with Crippen LogP contribution >= 0.6 is 0 Å². The number of rotatable bonds is 15. The molecule has 0 aliphatic rings. The van der Waals surface area contributed by atoms with Crippen LogP contribution in [0, 0.1) is 5.92 Å². The summed E-state index contributed by atoms with van der Waals surface area (Å²) in [5.41, 5.74) is 13.6. The minimum atomic E-state index is -1.38.